The van der Waals surface area contributed by atoms with Crippen LogP contribution in [0.4, 0.5) is 0 Å². The van der Waals surface area contributed by atoms with Gasteiger partial charge in [0.15, 0.2) is 24.4 Å². The SMILES string of the molecule is NO.O=C(O)C(O)C(O)C(=O)O.O=C(O)C(O)C(O)C(=O)O. The second-order valence-electron chi connectivity index (χ2n) is 3.13. The topological polar surface area (TPSA) is 276 Å². The third-order valence-electron chi connectivity index (χ3n) is 1.61. The minimum absolute atomic E-state index is 1.77. The largest absolute Gasteiger partial charge is 0.479 e. The Morgan fingerprint density at radius 1 is 0.500 bits per heavy atom. The van der Waals surface area contributed by atoms with Crippen molar-refractivity contribution in [2.24, 2.45) is 5.90 Å². The van der Waals surface area contributed by atoms with Gasteiger partial charge in [-0.05, 0) is 0 Å². The molecule has 0 saturated heterocycles. The van der Waals surface area contributed by atoms with E-state index in [1.165, 1.54) is 0 Å². The van der Waals surface area contributed by atoms with Crippen LogP contribution in [0.15, 0.2) is 0 Å². The van der Waals surface area contributed by atoms with Crippen LogP contribution in [-0.4, -0.2) is 94.4 Å². The van der Waals surface area contributed by atoms with Gasteiger partial charge in [-0.15, -0.1) is 0 Å². The molecule has 0 saturated carbocycles. The number of aliphatic hydroxyl groups excluding tert-OH is 4. The van der Waals surface area contributed by atoms with Gasteiger partial charge in [0.1, 0.15) is 0 Å². The summed E-state index contributed by atoms with van der Waals surface area (Å²) in [4.78, 5) is 39.1. The maximum absolute atomic E-state index is 9.77. The molecule has 0 amide bonds. The van der Waals surface area contributed by atoms with E-state index in [1.807, 2.05) is 0 Å². The van der Waals surface area contributed by atoms with Crippen molar-refractivity contribution >= 4 is 23.9 Å². The smallest absolute Gasteiger partial charge is 0.335 e. The molecule has 0 rings (SSSR count). The lowest BCUT2D eigenvalue weighted by atomic mass is 10.2. The van der Waals surface area contributed by atoms with Gasteiger partial charge in [-0.3, -0.25) is 0 Å². The first-order valence-corrected chi connectivity index (χ1v) is 4.82. The average Bonchev–Trinajstić information content (AvgIpc) is 2.46. The highest BCUT2D eigenvalue weighted by molar-refractivity contribution is 5.83. The van der Waals surface area contributed by atoms with Crippen LogP contribution in [0.2, 0.25) is 0 Å². The Morgan fingerprint density at radius 2 is 0.591 bits per heavy atom. The molecule has 0 heterocycles. The molecule has 11 N–H and O–H groups in total. The highest BCUT2D eigenvalue weighted by atomic mass is 16.4. The van der Waals surface area contributed by atoms with E-state index in [0.717, 1.165) is 0 Å². The standard InChI is InChI=1S/2C4H6O6.H3NO/c2*5-1(3(7)8)2(6)4(9)10;1-2/h2*1-2,5-6H,(H,7,8)(H,9,10);2H,1H2. The van der Waals surface area contributed by atoms with E-state index < -0.39 is 48.3 Å². The molecule has 4 atom stereocenters. The second kappa shape index (κ2) is 12.4. The number of hydrogen-bond donors (Lipinski definition) is 10. The van der Waals surface area contributed by atoms with E-state index in [1.54, 1.807) is 0 Å². The molecule has 22 heavy (non-hydrogen) atoms. The quantitative estimate of drug-likeness (QED) is 0.204. The highest BCUT2D eigenvalue weighted by Gasteiger charge is 2.30. The number of nitrogens with two attached hydrogens (primary N) is 1. The summed E-state index contributed by atoms with van der Waals surface area (Å²) in [6, 6.07) is 0. The summed E-state index contributed by atoms with van der Waals surface area (Å²) in [7, 11) is 0. The molecule has 0 aromatic heterocycles. The molecule has 0 aliphatic heterocycles. The van der Waals surface area contributed by atoms with Crippen LogP contribution < -0.4 is 5.90 Å². The zero-order valence-electron chi connectivity index (χ0n) is 10.5. The fraction of sp³-hybridized carbons (Fsp3) is 0.500. The molecule has 130 valence electrons. The summed E-state index contributed by atoms with van der Waals surface area (Å²) in [5, 5.41) is 71.6. The van der Waals surface area contributed by atoms with Crippen molar-refractivity contribution in [2.45, 2.75) is 24.4 Å². The van der Waals surface area contributed by atoms with Crippen LogP contribution >= 0.6 is 0 Å². The van der Waals surface area contributed by atoms with E-state index in [-0.39, 0.29) is 0 Å². The molecular formula is C8H15NO13. The van der Waals surface area contributed by atoms with Gasteiger partial charge in [0, 0.05) is 0 Å². The van der Waals surface area contributed by atoms with Gasteiger partial charge in [0.25, 0.3) is 0 Å². The summed E-state index contributed by atoms with van der Waals surface area (Å²) in [5.41, 5.74) is 0. The normalized spacial score (nSPS) is 14.6. The Kier molecular flexibility index (Phi) is 13.9. The molecule has 14 heteroatoms. The third kappa shape index (κ3) is 10.4. The van der Waals surface area contributed by atoms with Crippen LogP contribution in [0.1, 0.15) is 0 Å². The molecular weight excluding hydrogens is 318 g/mol. The first-order chi connectivity index (χ1) is 9.93. The Morgan fingerprint density at radius 3 is 0.636 bits per heavy atom. The van der Waals surface area contributed by atoms with Crippen molar-refractivity contribution in [2.75, 3.05) is 0 Å². The minimum Gasteiger partial charge on any atom is -0.479 e. The summed E-state index contributed by atoms with van der Waals surface area (Å²) in [5.74, 6) is -3.57. The molecule has 0 aromatic carbocycles. The Labute approximate surface area is 120 Å². The Bertz CT molecular complexity index is 310. The van der Waals surface area contributed by atoms with Crippen molar-refractivity contribution in [1.82, 2.24) is 0 Å². The van der Waals surface area contributed by atoms with Crippen molar-refractivity contribution in [1.29, 1.82) is 0 Å². The fourth-order valence-electron chi connectivity index (χ4n) is 0.540. The fourth-order valence-corrected chi connectivity index (χ4v) is 0.540. The zero-order chi connectivity index (χ0) is 18.6. The molecule has 0 aliphatic carbocycles. The summed E-state index contributed by atoms with van der Waals surface area (Å²) >= 11 is 0. The van der Waals surface area contributed by atoms with Crippen molar-refractivity contribution < 1.29 is 65.2 Å². The van der Waals surface area contributed by atoms with E-state index in [2.05, 4.69) is 5.90 Å². The molecule has 14 nitrogen and oxygen atoms in total. The summed E-state index contributed by atoms with van der Waals surface area (Å²) in [6.45, 7) is 0. The third-order valence-corrected chi connectivity index (χ3v) is 1.61. The Hall–Kier alpha value is -2.36. The van der Waals surface area contributed by atoms with Crippen molar-refractivity contribution in [3.8, 4) is 0 Å². The van der Waals surface area contributed by atoms with Crippen LogP contribution in [0.3, 0.4) is 0 Å². The lowest BCUT2D eigenvalue weighted by molar-refractivity contribution is -0.165. The number of rotatable bonds is 6. The predicted molar refractivity (Wildman–Crippen MR) is 60.5 cm³/mol. The number of carboxylic acids is 4. The van der Waals surface area contributed by atoms with E-state index in [0.29, 0.717) is 0 Å². The van der Waals surface area contributed by atoms with E-state index in [9.17, 15) is 19.2 Å². The Balaban J connectivity index is -0.000000294. The van der Waals surface area contributed by atoms with Gasteiger partial charge in [-0.2, -0.15) is 0 Å². The monoisotopic (exact) mass is 333 g/mol. The number of carboxylic acid groups (broad SMARTS) is 4. The molecule has 0 spiro atoms. The van der Waals surface area contributed by atoms with Crippen LogP contribution in [-0.2, 0) is 19.2 Å². The molecule has 4 unspecified atom stereocenters. The van der Waals surface area contributed by atoms with Crippen molar-refractivity contribution in [3.63, 3.8) is 0 Å². The highest BCUT2D eigenvalue weighted by Crippen LogP contribution is 1.93. The van der Waals surface area contributed by atoms with E-state index >= 15 is 0 Å². The van der Waals surface area contributed by atoms with E-state index in [4.69, 9.17) is 46.1 Å². The number of carbonyl (C=O) groups is 4. The lowest BCUT2D eigenvalue weighted by Crippen LogP contribution is -2.39. The van der Waals surface area contributed by atoms with Gasteiger partial charge < -0.3 is 46.1 Å². The van der Waals surface area contributed by atoms with Gasteiger partial charge in [-0.1, -0.05) is 0 Å². The van der Waals surface area contributed by atoms with Gasteiger partial charge >= 0.3 is 23.9 Å². The van der Waals surface area contributed by atoms with Crippen LogP contribution in [0.5, 0.6) is 0 Å². The number of hydrogen-bond acceptors (Lipinski definition) is 10. The first-order valence-electron chi connectivity index (χ1n) is 4.82. The molecule has 0 fully saturated rings. The van der Waals surface area contributed by atoms with Gasteiger partial charge in [0.05, 0.1) is 0 Å². The molecule has 0 radical (unpaired) electrons. The summed E-state index contributed by atoms with van der Waals surface area (Å²) in [6.07, 6.45) is -9.06. The van der Waals surface area contributed by atoms with Crippen LogP contribution in [0, 0.1) is 0 Å². The second-order valence-corrected chi connectivity index (χ2v) is 3.13. The maximum atomic E-state index is 9.77. The predicted octanol–water partition coefficient (Wildman–Crippen LogP) is -4.91. The zero-order valence-corrected chi connectivity index (χ0v) is 10.5. The minimum atomic E-state index is -2.27. The number of aliphatic carboxylic acids is 4. The first kappa shape index (κ1) is 24.6. The number of aliphatic hydroxyl groups is 4. The van der Waals surface area contributed by atoms with Crippen LogP contribution in [0.25, 0.3) is 0 Å². The summed E-state index contributed by atoms with van der Waals surface area (Å²) < 4.78 is 0. The molecule has 0 bridgehead atoms. The average molecular weight is 333 g/mol. The van der Waals surface area contributed by atoms with Gasteiger partial charge in [0.2, 0.25) is 0 Å². The van der Waals surface area contributed by atoms with Crippen molar-refractivity contribution in [3.05, 3.63) is 0 Å². The van der Waals surface area contributed by atoms with Gasteiger partial charge in [-0.25, -0.2) is 25.1 Å². The molecule has 0 aromatic rings. The molecule has 0 aliphatic rings. The lowest BCUT2D eigenvalue weighted by Gasteiger charge is -2.07. The maximum Gasteiger partial charge on any atom is 0.335 e.